The number of halogens is 2. The van der Waals surface area contributed by atoms with E-state index in [0.717, 1.165) is 143 Å². The van der Waals surface area contributed by atoms with Crippen molar-refractivity contribution in [3.05, 3.63) is 253 Å². The third kappa shape index (κ3) is 5.88. The number of aromatic nitrogens is 4. The van der Waals surface area contributed by atoms with Crippen LogP contribution in [-0.4, -0.2) is 18.3 Å². The Labute approximate surface area is 424 Å². The van der Waals surface area contributed by atoms with Crippen LogP contribution in [0.5, 0.6) is 0 Å². The molecule has 4 aromatic heterocycles. The first-order valence-corrected chi connectivity index (χ1v) is 25.2. The van der Waals surface area contributed by atoms with Gasteiger partial charge in [0.05, 0.1) is 55.5 Å². The van der Waals surface area contributed by atoms with Gasteiger partial charge in [0, 0.05) is 65.6 Å². The van der Waals surface area contributed by atoms with Gasteiger partial charge in [-0.25, -0.2) is 8.78 Å². The summed E-state index contributed by atoms with van der Waals surface area (Å²) in [5.41, 5.74) is 18.4. The summed E-state index contributed by atoms with van der Waals surface area (Å²) >= 11 is 0. The number of benzene rings is 11. The summed E-state index contributed by atoms with van der Waals surface area (Å²) in [6, 6.07) is 78.9. The van der Waals surface area contributed by atoms with Crippen LogP contribution in [-0.2, 0) is 0 Å². The van der Waals surface area contributed by atoms with Crippen molar-refractivity contribution < 1.29 is 8.78 Å². The highest BCUT2D eigenvalue weighted by Gasteiger charge is 2.31. The Bertz CT molecular complexity index is 4710. The Balaban J connectivity index is 1.18. The third-order valence-electron chi connectivity index (χ3n) is 15.6. The molecule has 0 saturated carbocycles. The fourth-order valence-electron chi connectivity index (χ4n) is 12.7. The molecular formula is C68H44F2N4. The van der Waals surface area contributed by atoms with Crippen molar-refractivity contribution in [1.82, 2.24) is 18.3 Å². The van der Waals surface area contributed by atoms with Crippen LogP contribution in [0, 0.1) is 25.5 Å². The lowest BCUT2D eigenvalue weighted by Crippen LogP contribution is -2.10. The fraction of sp³-hybridized carbons (Fsp3) is 0.0294. The maximum Gasteiger partial charge on any atom is 0.123 e. The maximum absolute atomic E-state index is 15.4. The molecule has 0 amide bonds. The zero-order valence-electron chi connectivity index (χ0n) is 40.5. The quantitative estimate of drug-likeness (QED) is 0.158. The highest BCUT2D eigenvalue weighted by atomic mass is 19.1. The smallest absolute Gasteiger partial charge is 0.123 e. The van der Waals surface area contributed by atoms with Gasteiger partial charge in [-0.3, -0.25) is 0 Å². The van der Waals surface area contributed by atoms with E-state index in [9.17, 15) is 0 Å². The van der Waals surface area contributed by atoms with Crippen molar-refractivity contribution in [2.75, 3.05) is 0 Å². The number of rotatable bonds is 6. The topological polar surface area (TPSA) is 19.7 Å². The molecule has 4 heterocycles. The van der Waals surface area contributed by atoms with Crippen LogP contribution < -0.4 is 0 Å². The van der Waals surface area contributed by atoms with E-state index in [0.29, 0.717) is 0 Å². The first-order valence-electron chi connectivity index (χ1n) is 25.2. The average molecular weight is 955 g/mol. The van der Waals surface area contributed by atoms with E-state index in [-0.39, 0.29) is 11.6 Å². The molecule has 0 unspecified atom stereocenters. The van der Waals surface area contributed by atoms with Gasteiger partial charge >= 0.3 is 0 Å². The van der Waals surface area contributed by atoms with E-state index in [2.05, 4.69) is 214 Å². The fourth-order valence-corrected chi connectivity index (χ4v) is 12.7. The highest BCUT2D eigenvalue weighted by molar-refractivity contribution is 6.28. The molecule has 0 radical (unpaired) electrons. The van der Waals surface area contributed by atoms with Crippen LogP contribution in [0.2, 0.25) is 0 Å². The zero-order chi connectivity index (χ0) is 49.3. The molecule has 0 bridgehead atoms. The molecule has 74 heavy (non-hydrogen) atoms. The van der Waals surface area contributed by atoms with E-state index in [1.807, 2.05) is 24.3 Å². The molecule has 0 spiro atoms. The molecule has 0 saturated heterocycles. The molecule has 0 aliphatic carbocycles. The Morgan fingerprint density at radius 2 is 0.608 bits per heavy atom. The van der Waals surface area contributed by atoms with E-state index >= 15 is 8.78 Å². The van der Waals surface area contributed by atoms with Crippen molar-refractivity contribution >= 4 is 87.2 Å². The summed E-state index contributed by atoms with van der Waals surface area (Å²) in [6.45, 7) is 4.47. The van der Waals surface area contributed by atoms with E-state index in [4.69, 9.17) is 0 Å². The maximum atomic E-state index is 15.4. The van der Waals surface area contributed by atoms with E-state index < -0.39 is 0 Å². The van der Waals surface area contributed by atoms with Gasteiger partial charge in [-0.15, -0.1) is 0 Å². The van der Waals surface area contributed by atoms with E-state index in [1.54, 1.807) is 24.3 Å². The summed E-state index contributed by atoms with van der Waals surface area (Å²) in [7, 11) is 0. The van der Waals surface area contributed by atoms with Crippen LogP contribution in [0.1, 0.15) is 11.1 Å². The summed E-state index contributed by atoms with van der Waals surface area (Å²) in [4.78, 5) is 0. The van der Waals surface area contributed by atoms with Crippen LogP contribution in [0.3, 0.4) is 0 Å². The van der Waals surface area contributed by atoms with Crippen LogP contribution >= 0.6 is 0 Å². The van der Waals surface area contributed by atoms with E-state index in [1.165, 1.54) is 0 Å². The summed E-state index contributed by atoms with van der Waals surface area (Å²) in [5, 5.41) is 9.03. The number of para-hydroxylation sites is 6. The summed E-state index contributed by atoms with van der Waals surface area (Å²) < 4.78 is 40.5. The van der Waals surface area contributed by atoms with Crippen molar-refractivity contribution in [3.63, 3.8) is 0 Å². The largest absolute Gasteiger partial charge is 0.309 e. The lowest BCUT2D eigenvalue weighted by molar-refractivity contribution is 0.627. The molecule has 11 aromatic carbocycles. The Hall–Kier alpha value is -9.52. The molecular weight excluding hydrogens is 911 g/mol. The second kappa shape index (κ2) is 16.0. The predicted molar refractivity (Wildman–Crippen MR) is 304 cm³/mol. The van der Waals surface area contributed by atoms with Gasteiger partial charge in [0.2, 0.25) is 0 Å². The molecule has 6 heteroatoms. The van der Waals surface area contributed by atoms with Gasteiger partial charge in [0.25, 0.3) is 0 Å². The standard InChI is InChI=1S/C68H44F2N4/c1-41-61(43-29-33-45(69)34-30-43)68(74-56-26-14-10-22-50(56)52-38-40-60-64(67(52)74)54-24-12-16-28-58(54)72(60)48-19-7-4-8-20-48)62(44-31-35-46(70)36-32-44)42(2)65(41)73-55-25-13-9-21-49(55)51-37-39-59-63(66(51)73)53-23-11-15-27-57(53)71(59)47-17-5-3-6-18-47/h3-40H,1-2H3. The summed E-state index contributed by atoms with van der Waals surface area (Å²) in [5.74, 6) is -0.628. The summed E-state index contributed by atoms with van der Waals surface area (Å²) in [6.07, 6.45) is 0. The van der Waals surface area contributed by atoms with Gasteiger partial charge in [-0.1, -0.05) is 146 Å². The molecule has 0 N–H and O–H groups in total. The molecule has 0 aliphatic heterocycles. The minimum atomic E-state index is -0.314. The first kappa shape index (κ1) is 42.2. The Kier molecular flexibility index (Phi) is 9.12. The van der Waals surface area contributed by atoms with Gasteiger partial charge in [-0.2, -0.15) is 0 Å². The van der Waals surface area contributed by atoms with Crippen molar-refractivity contribution in [2.24, 2.45) is 0 Å². The number of hydrogen-bond donors (Lipinski definition) is 0. The van der Waals surface area contributed by atoms with Gasteiger partial charge < -0.3 is 18.3 Å². The minimum Gasteiger partial charge on any atom is -0.309 e. The second-order valence-electron chi connectivity index (χ2n) is 19.5. The lowest BCUT2D eigenvalue weighted by Gasteiger charge is -2.27. The SMILES string of the molecule is Cc1c(-c2ccc(F)cc2)c(-n2c3ccccc3c3ccc4c(c5ccccc5n4-c4ccccc4)c32)c(-c2ccc(F)cc2)c(C)c1-n1c2ccccc2c2ccc3c(c4ccccc4n3-c3ccccc3)c21. The minimum absolute atomic E-state index is 0.314. The third-order valence-corrected chi connectivity index (χ3v) is 15.6. The predicted octanol–water partition coefficient (Wildman–Crippen LogP) is 18.3. The van der Waals surface area contributed by atoms with Gasteiger partial charge in [0.1, 0.15) is 11.6 Å². The molecule has 4 nitrogen and oxygen atoms in total. The van der Waals surface area contributed by atoms with Gasteiger partial charge in [0.15, 0.2) is 0 Å². The van der Waals surface area contributed by atoms with Crippen LogP contribution in [0.4, 0.5) is 8.78 Å². The van der Waals surface area contributed by atoms with Crippen LogP contribution in [0.15, 0.2) is 231 Å². The first-order chi connectivity index (χ1) is 36.4. The van der Waals surface area contributed by atoms with Crippen molar-refractivity contribution in [1.29, 1.82) is 0 Å². The number of fused-ring (bicyclic) bond motifs is 14. The van der Waals surface area contributed by atoms with Crippen molar-refractivity contribution in [3.8, 4) is 45.0 Å². The monoisotopic (exact) mass is 954 g/mol. The molecule has 0 aliphatic rings. The molecule has 0 atom stereocenters. The van der Waals surface area contributed by atoms with Crippen LogP contribution in [0.25, 0.3) is 132 Å². The number of hydrogen-bond acceptors (Lipinski definition) is 0. The zero-order valence-corrected chi connectivity index (χ0v) is 40.5. The van der Waals surface area contributed by atoms with Gasteiger partial charge in [-0.05, 0) is 121 Å². The van der Waals surface area contributed by atoms with Crippen molar-refractivity contribution in [2.45, 2.75) is 13.8 Å². The Morgan fingerprint density at radius 3 is 1.01 bits per heavy atom. The highest BCUT2D eigenvalue weighted by Crippen LogP contribution is 2.51. The Morgan fingerprint density at radius 1 is 0.270 bits per heavy atom. The number of nitrogens with zero attached hydrogens (tertiary/aromatic N) is 4. The average Bonchev–Trinajstić information content (AvgIpc) is 4.22. The lowest BCUT2D eigenvalue weighted by atomic mass is 9.86. The molecule has 15 aromatic rings. The molecule has 350 valence electrons. The second-order valence-corrected chi connectivity index (χ2v) is 19.5. The molecule has 0 fully saturated rings. The molecule has 15 rings (SSSR count). The normalized spacial score (nSPS) is 12.1.